The van der Waals surface area contributed by atoms with Crippen LogP contribution in [0.1, 0.15) is 52.9 Å². The molecule has 0 aromatic rings. The molecule has 4 nitrogen and oxygen atoms in total. The Balaban J connectivity index is 1.83. The number of hydrogen-bond acceptors (Lipinski definition) is 4. The van der Waals surface area contributed by atoms with Gasteiger partial charge in [-0.3, -0.25) is 4.90 Å². The molecule has 0 aromatic heterocycles. The van der Waals surface area contributed by atoms with Crippen molar-refractivity contribution in [2.24, 2.45) is 0 Å². The van der Waals surface area contributed by atoms with Gasteiger partial charge in [0.25, 0.3) is 0 Å². The lowest BCUT2D eigenvalue weighted by atomic mass is 9.88. The van der Waals surface area contributed by atoms with Crippen LogP contribution in [0, 0.1) is 0 Å². The van der Waals surface area contributed by atoms with Gasteiger partial charge >= 0.3 is 0 Å². The Morgan fingerprint density at radius 2 is 1.95 bits per heavy atom. The molecule has 0 amide bonds. The van der Waals surface area contributed by atoms with E-state index in [2.05, 4.69) is 31.0 Å². The quantitative estimate of drug-likeness (QED) is 0.807. The summed E-state index contributed by atoms with van der Waals surface area (Å²) >= 11 is 0. The minimum absolute atomic E-state index is 0.0188. The maximum atomic E-state index is 9.42. The number of aliphatic hydroxyl groups excluding tert-OH is 1. The van der Waals surface area contributed by atoms with E-state index in [1.165, 1.54) is 32.1 Å². The molecule has 2 rings (SSSR count). The Labute approximate surface area is 123 Å². The van der Waals surface area contributed by atoms with E-state index in [-0.39, 0.29) is 18.3 Å². The minimum atomic E-state index is -0.136. The fraction of sp³-hybridized carbons (Fsp3) is 1.00. The van der Waals surface area contributed by atoms with E-state index in [0.29, 0.717) is 12.1 Å². The van der Waals surface area contributed by atoms with Gasteiger partial charge < -0.3 is 15.2 Å². The van der Waals surface area contributed by atoms with Crippen molar-refractivity contribution in [3.8, 4) is 0 Å². The molecule has 2 N–H and O–H groups in total. The molecule has 0 radical (unpaired) electrons. The molecule has 2 aliphatic rings. The molecule has 1 heterocycles. The molecule has 1 saturated carbocycles. The Kier molecular flexibility index (Phi) is 5.84. The lowest BCUT2D eigenvalue weighted by molar-refractivity contribution is -0.159. The number of ether oxygens (including phenoxy) is 1. The van der Waals surface area contributed by atoms with Crippen LogP contribution in [0.15, 0.2) is 0 Å². The first-order chi connectivity index (χ1) is 9.54. The van der Waals surface area contributed by atoms with Gasteiger partial charge in [0.1, 0.15) is 0 Å². The van der Waals surface area contributed by atoms with Crippen LogP contribution in [0.3, 0.4) is 0 Å². The molecule has 20 heavy (non-hydrogen) atoms. The second-order valence-corrected chi connectivity index (χ2v) is 7.07. The summed E-state index contributed by atoms with van der Waals surface area (Å²) in [6.07, 6.45) is 6.31. The normalized spacial score (nSPS) is 35.1. The van der Waals surface area contributed by atoms with Gasteiger partial charge in [0.15, 0.2) is 0 Å². The lowest BCUT2D eigenvalue weighted by Gasteiger charge is -2.47. The third-order valence-corrected chi connectivity index (χ3v) is 4.61. The zero-order valence-corrected chi connectivity index (χ0v) is 13.4. The number of rotatable bonds is 5. The first-order valence-electron chi connectivity index (χ1n) is 8.30. The van der Waals surface area contributed by atoms with Crippen LogP contribution in [-0.4, -0.2) is 60.0 Å². The van der Waals surface area contributed by atoms with Crippen molar-refractivity contribution in [3.63, 3.8) is 0 Å². The van der Waals surface area contributed by atoms with Crippen LogP contribution >= 0.6 is 0 Å². The predicted octanol–water partition coefficient (Wildman–Crippen LogP) is 1.77. The highest BCUT2D eigenvalue weighted by Crippen LogP contribution is 2.29. The van der Waals surface area contributed by atoms with E-state index in [1.54, 1.807) is 0 Å². The predicted molar refractivity (Wildman–Crippen MR) is 81.9 cm³/mol. The monoisotopic (exact) mass is 284 g/mol. The number of morpholine rings is 1. The van der Waals surface area contributed by atoms with Crippen LogP contribution in [-0.2, 0) is 4.74 Å². The standard InChI is InChI=1S/C16H32N2O2/c1-4-9-17-13-5-7-14(8-6-13)18-10-15(11-19)20-16(2,3)12-18/h13-15,17,19H,4-12H2,1-3H3. The zero-order valence-electron chi connectivity index (χ0n) is 13.4. The summed E-state index contributed by atoms with van der Waals surface area (Å²) in [4.78, 5) is 2.56. The topological polar surface area (TPSA) is 44.7 Å². The summed E-state index contributed by atoms with van der Waals surface area (Å²) in [6, 6.07) is 1.39. The minimum Gasteiger partial charge on any atom is -0.394 e. The molecule has 2 fully saturated rings. The third-order valence-electron chi connectivity index (χ3n) is 4.61. The van der Waals surface area contributed by atoms with Gasteiger partial charge in [-0.25, -0.2) is 0 Å². The van der Waals surface area contributed by atoms with Crippen molar-refractivity contribution in [3.05, 3.63) is 0 Å². The van der Waals surface area contributed by atoms with Crippen LogP contribution in [0.4, 0.5) is 0 Å². The number of nitrogens with zero attached hydrogens (tertiary/aromatic N) is 1. The largest absolute Gasteiger partial charge is 0.394 e. The van der Waals surface area contributed by atoms with Crippen LogP contribution in [0.25, 0.3) is 0 Å². The molecular weight excluding hydrogens is 252 g/mol. The Bertz CT molecular complexity index is 288. The van der Waals surface area contributed by atoms with Crippen molar-refractivity contribution < 1.29 is 9.84 Å². The highest BCUT2D eigenvalue weighted by atomic mass is 16.5. The summed E-state index contributed by atoms with van der Waals surface area (Å²) in [6.45, 7) is 9.65. The van der Waals surface area contributed by atoms with Crippen molar-refractivity contribution in [1.82, 2.24) is 10.2 Å². The molecule has 0 aromatic carbocycles. The summed E-state index contributed by atoms with van der Waals surface area (Å²) in [7, 11) is 0. The highest BCUT2D eigenvalue weighted by Gasteiger charge is 2.37. The summed E-state index contributed by atoms with van der Waals surface area (Å²) in [5.41, 5.74) is -0.136. The van der Waals surface area contributed by atoms with Gasteiger partial charge in [0.05, 0.1) is 18.3 Å². The summed E-state index contributed by atoms with van der Waals surface area (Å²) in [5, 5.41) is 13.1. The van der Waals surface area contributed by atoms with Gasteiger partial charge in [0.2, 0.25) is 0 Å². The Morgan fingerprint density at radius 3 is 2.55 bits per heavy atom. The molecule has 1 saturated heterocycles. The molecule has 1 aliphatic carbocycles. The average Bonchev–Trinajstić information content (AvgIpc) is 2.44. The van der Waals surface area contributed by atoms with Crippen LogP contribution in [0.5, 0.6) is 0 Å². The van der Waals surface area contributed by atoms with E-state index < -0.39 is 0 Å². The van der Waals surface area contributed by atoms with Crippen molar-refractivity contribution >= 4 is 0 Å². The van der Waals surface area contributed by atoms with E-state index >= 15 is 0 Å². The molecule has 1 atom stereocenters. The number of aliphatic hydroxyl groups is 1. The maximum Gasteiger partial charge on any atom is 0.0940 e. The fourth-order valence-corrected chi connectivity index (χ4v) is 3.71. The van der Waals surface area contributed by atoms with Gasteiger partial charge in [-0.05, 0) is 52.5 Å². The molecule has 0 spiro atoms. The van der Waals surface area contributed by atoms with Crippen molar-refractivity contribution in [2.75, 3.05) is 26.2 Å². The van der Waals surface area contributed by atoms with Gasteiger partial charge in [-0.15, -0.1) is 0 Å². The molecule has 118 valence electrons. The first kappa shape index (κ1) is 16.2. The van der Waals surface area contributed by atoms with Gasteiger partial charge in [-0.2, -0.15) is 0 Å². The maximum absolute atomic E-state index is 9.42. The molecule has 0 bridgehead atoms. The summed E-state index contributed by atoms with van der Waals surface area (Å²) in [5.74, 6) is 0. The lowest BCUT2D eigenvalue weighted by Crippen LogP contribution is -2.57. The number of hydrogen-bond donors (Lipinski definition) is 2. The average molecular weight is 284 g/mol. The molecule has 4 heteroatoms. The highest BCUT2D eigenvalue weighted by molar-refractivity contribution is 4.90. The molecule has 1 aliphatic heterocycles. The van der Waals surface area contributed by atoms with E-state index in [4.69, 9.17) is 4.74 Å². The van der Waals surface area contributed by atoms with Crippen molar-refractivity contribution in [1.29, 1.82) is 0 Å². The molecular formula is C16H32N2O2. The summed E-state index contributed by atoms with van der Waals surface area (Å²) < 4.78 is 5.91. The second-order valence-electron chi connectivity index (χ2n) is 7.07. The zero-order chi connectivity index (χ0) is 14.6. The Morgan fingerprint density at radius 1 is 1.25 bits per heavy atom. The van der Waals surface area contributed by atoms with Crippen LogP contribution in [0.2, 0.25) is 0 Å². The second kappa shape index (κ2) is 7.21. The van der Waals surface area contributed by atoms with Crippen molar-refractivity contribution in [2.45, 2.75) is 76.7 Å². The van der Waals surface area contributed by atoms with E-state index in [1.807, 2.05) is 0 Å². The van der Waals surface area contributed by atoms with Gasteiger partial charge in [-0.1, -0.05) is 6.92 Å². The fourth-order valence-electron chi connectivity index (χ4n) is 3.71. The van der Waals surface area contributed by atoms with E-state index in [9.17, 15) is 5.11 Å². The van der Waals surface area contributed by atoms with E-state index in [0.717, 1.165) is 19.6 Å². The third kappa shape index (κ3) is 4.42. The smallest absolute Gasteiger partial charge is 0.0940 e. The number of nitrogens with one attached hydrogen (secondary N) is 1. The first-order valence-corrected chi connectivity index (χ1v) is 8.30. The van der Waals surface area contributed by atoms with Gasteiger partial charge in [0, 0.05) is 25.2 Å². The molecule has 1 unspecified atom stereocenters. The Hall–Kier alpha value is -0.160. The SMILES string of the molecule is CCCNC1CCC(N2CC(CO)OC(C)(C)C2)CC1. The van der Waals surface area contributed by atoms with Crippen LogP contribution < -0.4 is 5.32 Å².